The molecular formula is C38H52FIN6O. The predicted molar refractivity (Wildman–Crippen MR) is 184 cm³/mol. The number of hydrogen-bond donors (Lipinski definition) is 2. The van der Waals surface area contributed by atoms with Gasteiger partial charge in [0.15, 0.2) is 0 Å². The average molecular weight is 755 g/mol. The molecule has 3 aromatic carbocycles. The summed E-state index contributed by atoms with van der Waals surface area (Å²) < 4.78 is 16.2. The van der Waals surface area contributed by atoms with Gasteiger partial charge in [-0.15, -0.1) is 0 Å². The summed E-state index contributed by atoms with van der Waals surface area (Å²) in [5.74, 6) is -0.359. The maximum absolute atomic E-state index is 15.0. The lowest BCUT2D eigenvalue weighted by atomic mass is 10.00. The highest BCUT2D eigenvalue weighted by Gasteiger charge is 2.31. The second-order valence-corrected chi connectivity index (χ2v) is 14.4. The molecule has 0 bridgehead atoms. The fraction of sp³-hybridized carbons (Fsp3) is 0.500. The van der Waals surface area contributed by atoms with Crippen molar-refractivity contribution in [2.24, 2.45) is 0 Å². The summed E-state index contributed by atoms with van der Waals surface area (Å²) in [4.78, 5) is 20.8. The summed E-state index contributed by atoms with van der Waals surface area (Å²) in [5, 5.41) is 6.55. The maximum Gasteiger partial charge on any atom is 0.251 e. The van der Waals surface area contributed by atoms with Gasteiger partial charge in [0, 0.05) is 101 Å². The van der Waals surface area contributed by atoms with E-state index in [1.165, 1.54) is 37.6 Å². The van der Waals surface area contributed by atoms with Crippen LogP contribution in [0.25, 0.3) is 11.1 Å². The van der Waals surface area contributed by atoms with Gasteiger partial charge in [0.1, 0.15) is 5.82 Å². The van der Waals surface area contributed by atoms with Crippen molar-refractivity contribution >= 4 is 5.91 Å². The van der Waals surface area contributed by atoms with E-state index in [0.29, 0.717) is 23.7 Å². The fourth-order valence-corrected chi connectivity index (χ4v) is 7.41. The van der Waals surface area contributed by atoms with Crippen molar-refractivity contribution in [1.29, 1.82) is 0 Å². The molecule has 0 aromatic heterocycles. The van der Waals surface area contributed by atoms with Gasteiger partial charge < -0.3 is 39.1 Å². The second kappa shape index (κ2) is 16.3. The van der Waals surface area contributed by atoms with Crippen molar-refractivity contribution in [3.05, 3.63) is 94.8 Å². The van der Waals surface area contributed by atoms with E-state index in [4.69, 9.17) is 0 Å². The second-order valence-electron chi connectivity index (χ2n) is 14.4. The molecule has 7 nitrogen and oxygen atoms in total. The van der Waals surface area contributed by atoms with Gasteiger partial charge in [0.2, 0.25) is 0 Å². The molecule has 2 N–H and O–H groups in total. The minimum absolute atomic E-state index is 0. The number of likely N-dealkylation sites (tertiary alicyclic amines) is 1. The van der Waals surface area contributed by atoms with Crippen LogP contribution in [0.4, 0.5) is 4.39 Å². The Hall–Kier alpha value is -2.41. The van der Waals surface area contributed by atoms with Gasteiger partial charge in [-0.25, -0.2) is 4.39 Å². The summed E-state index contributed by atoms with van der Waals surface area (Å²) in [6, 6.07) is 22.5. The van der Waals surface area contributed by atoms with Gasteiger partial charge >= 0.3 is 0 Å². The quantitative estimate of drug-likeness (QED) is 0.257. The van der Waals surface area contributed by atoms with Crippen LogP contribution in [0.1, 0.15) is 46.8 Å². The minimum Gasteiger partial charge on any atom is -1.00 e. The number of nitrogens with zero attached hydrogens (tertiary/aromatic N) is 4. The van der Waals surface area contributed by atoms with Crippen molar-refractivity contribution in [1.82, 2.24) is 25.3 Å². The summed E-state index contributed by atoms with van der Waals surface area (Å²) in [6.07, 6.45) is 2.60. The number of nitrogens with one attached hydrogen (secondary N) is 2. The number of halogens is 2. The SMILES string of the molecule is C[C@H]1CN(Cc2cccc(-c3cc(CNC(=O)c4cccc(CN5CCN(C6CC[N+](C)(C)CC6)CC5)c4)ccc3F)c2)CCN1.[I-]. The first-order chi connectivity index (χ1) is 22.2. The van der Waals surface area contributed by atoms with Crippen LogP contribution in [0.3, 0.4) is 0 Å². The van der Waals surface area contributed by atoms with Crippen LogP contribution in [0, 0.1) is 5.82 Å². The minimum atomic E-state index is -0.251. The summed E-state index contributed by atoms with van der Waals surface area (Å²) in [6.45, 7) is 14.2. The van der Waals surface area contributed by atoms with E-state index in [2.05, 4.69) is 64.6 Å². The van der Waals surface area contributed by atoms with Crippen LogP contribution in [0.2, 0.25) is 0 Å². The third kappa shape index (κ3) is 9.83. The monoisotopic (exact) mass is 754 g/mol. The molecule has 9 heteroatoms. The standard InChI is InChI=1S/C38H51FN6O.HI/c1-29-26-43(15-14-40-29)28-31-6-4-8-33(22-31)36-24-30(10-11-37(36)39)25-41-38(46)34-9-5-7-32(23-34)27-42-16-18-44(19-17-42)35-12-20-45(2,3)21-13-35;/h4-11,22-24,29,35,40H,12-21,25-28H2,1-3H3;1H/t29-;/m0./s1. The first-order valence-corrected chi connectivity index (χ1v) is 17.2. The van der Waals surface area contributed by atoms with Gasteiger partial charge in [-0.05, 0) is 59.5 Å². The van der Waals surface area contributed by atoms with E-state index in [0.717, 1.165) is 86.1 Å². The molecule has 0 radical (unpaired) electrons. The van der Waals surface area contributed by atoms with E-state index < -0.39 is 0 Å². The highest BCUT2D eigenvalue weighted by molar-refractivity contribution is 5.94. The molecule has 3 heterocycles. The summed E-state index contributed by atoms with van der Waals surface area (Å²) in [7, 11) is 4.69. The van der Waals surface area contributed by atoms with Crippen LogP contribution in [-0.2, 0) is 19.6 Å². The Morgan fingerprint density at radius 1 is 0.872 bits per heavy atom. The number of benzene rings is 3. The molecule has 254 valence electrons. The molecule has 47 heavy (non-hydrogen) atoms. The normalized spacial score (nSPS) is 21.2. The lowest BCUT2D eigenvalue weighted by molar-refractivity contribution is -0.895. The molecular weight excluding hydrogens is 702 g/mol. The molecule has 3 aliphatic heterocycles. The van der Waals surface area contributed by atoms with Crippen LogP contribution in [0.15, 0.2) is 66.7 Å². The van der Waals surface area contributed by atoms with Gasteiger partial charge in [-0.3, -0.25) is 19.5 Å². The smallest absolute Gasteiger partial charge is 0.251 e. The largest absolute Gasteiger partial charge is 1.00 e. The van der Waals surface area contributed by atoms with E-state index in [-0.39, 0.29) is 35.7 Å². The Bertz CT molecular complexity index is 1480. The molecule has 3 aromatic rings. The Kier molecular flexibility index (Phi) is 12.5. The van der Waals surface area contributed by atoms with Crippen molar-refractivity contribution in [2.45, 2.75) is 51.5 Å². The Morgan fingerprint density at radius 3 is 2.32 bits per heavy atom. The summed E-state index contributed by atoms with van der Waals surface area (Å²) >= 11 is 0. The number of carbonyl (C=O) groups excluding carboxylic acids is 1. The molecule has 0 unspecified atom stereocenters. The van der Waals surface area contributed by atoms with Crippen molar-refractivity contribution in [3.8, 4) is 11.1 Å². The van der Waals surface area contributed by atoms with Gasteiger partial charge in [0.25, 0.3) is 5.91 Å². The molecule has 3 fully saturated rings. The Labute approximate surface area is 298 Å². The molecule has 0 saturated carbocycles. The molecule has 1 amide bonds. The number of hydrogen-bond acceptors (Lipinski definition) is 5. The van der Waals surface area contributed by atoms with E-state index in [1.807, 2.05) is 36.4 Å². The van der Waals surface area contributed by atoms with Crippen molar-refractivity contribution in [2.75, 3.05) is 73.0 Å². The Balaban J connectivity index is 0.00000433. The van der Waals surface area contributed by atoms with Gasteiger partial charge in [0.05, 0.1) is 27.2 Å². The first kappa shape index (κ1) is 35.9. The van der Waals surface area contributed by atoms with E-state index in [1.54, 1.807) is 6.07 Å². The lowest BCUT2D eigenvalue weighted by Gasteiger charge is -2.44. The molecule has 1 atom stereocenters. The molecule has 6 rings (SSSR count). The number of piperidine rings is 1. The molecule has 0 aliphatic carbocycles. The van der Waals surface area contributed by atoms with E-state index in [9.17, 15) is 4.79 Å². The van der Waals surface area contributed by atoms with Crippen LogP contribution >= 0.6 is 0 Å². The number of piperazine rings is 2. The van der Waals surface area contributed by atoms with Crippen LogP contribution in [0.5, 0.6) is 0 Å². The predicted octanol–water partition coefficient (Wildman–Crippen LogP) is 1.58. The third-order valence-electron chi connectivity index (χ3n) is 10.2. The Morgan fingerprint density at radius 2 is 1.57 bits per heavy atom. The maximum atomic E-state index is 15.0. The lowest BCUT2D eigenvalue weighted by Crippen LogP contribution is -3.00. The zero-order valence-electron chi connectivity index (χ0n) is 28.4. The van der Waals surface area contributed by atoms with Crippen molar-refractivity contribution < 1.29 is 37.6 Å². The zero-order valence-corrected chi connectivity index (χ0v) is 30.5. The fourth-order valence-electron chi connectivity index (χ4n) is 7.41. The number of quaternary nitrogens is 1. The zero-order chi connectivity index (χ0) is 32.1. The topological polar surface area (TPSA) is 50.9 Å². The van der Waals surface area contributed by atoms with Gasteiger partial charge in [-0.1, -0.05) is 36.4 Å². The number of carbonyl (C=O) groups is 1. The third-order valence-corrected chi connectivity index (χ3v) is 10.2. The highest BCUT2D eigenvalue weighted by Crippen LogP contribution is 2.26. The van der Waals surface area contributed by atoms with Crippen LogP contribution in [-0.4, -0.2) is 110 Å². The van der Waals surface area contributed by atoms with Crippen molar-refractivity contribution in [3.63, 3.8) is 0 Å². The first-order valence-electron chi connectivity index (χ1n) is 17.2. The molecule has 3 saturated heterocycles. The molecule has 0 spiro atoms. The summed E-state index contributed by atoms with van der Waals surface area (Å²) in [5.41, 5.74) is 5.31. The number of amides is 1. The van der Waals surface area contributed by atoms with Gasteiger partial charge in [-0.2, -0.15) is 0 Å². The highest BCUT2D eigenvalue weighted by atomic mass is 127. The van der Waals surface area contributed by atoms with Crippen LogP contribution < -0.4 is 34.6 Å². The number of rotatable bonds is 9. The average Bonchev–Trinajstić information content (AvgIpc) is 3.05. The van der Waals surface area contributed by atoms with E-state index >= 15 is 4.39 Å². The molecule has 3 aliphatic rings.